The number of nitrogens with zero attached hydrogens (tertiary/aromatic N) is 2. The summed E-state index contributed by atoms with van der Waals surface area (Å²) in [5.74, 6) is -0.360. The molecule has 0 unspecified atom stereocenters. The molecule has 0 saturated carbocycles. The molecule has 114 valence electrons. The minimum atomic E-state index is -0.683. The lowest BCUT2D eigenvalue weighted by atomic mass is 10.2. The van der Waals surface area contributed by atoms with Gasteiger partial charge in [0, 0.05) is 17.3 Å². The van der Waals surface area contributed by atoms with E-state index in [1.165, 1.54) is 6.21 Å². The third-order valence-corrected chi connectivity index (χ3v) is 3.17. The molecule has 1 heterocycles. The van der Waals surface area contributed by atoms with Gasteiger partial charge in [0.2, 0.25) is 5.91 Å². The Morgan fingerprint density at radius 3 is 2.73 bits per heavy atom. The number of aryl methyl sites for hydroxylation is 1. The topological polar surface area (TPSA) is 120 Å². The normalized spacial score (nSPS) is 10.8. The molecule has 3 N–H and O–H groups in total. The second kappa shape index (κ2) is 7.46. The summed E-state index contributed by atoms with van der Waals surface area (Å²) in [6.07, 6.45) is 1.64. The van der Waals surface area contributed by atoms with Gasteiger partial charge in [0.25, 0.3) is 5.56 Å². The minimum Gasteiger partial charge on any atom is -0.273 e. The van der Waals surface area contributed by atoms with Crippen molar-refractivity contribution in [2.45, 2.75) is 12.8 Å². The molecule has 1 amide bonds. The Morgan fingerprint density at radius 1 is 1.32 bits per heavy atom. The Kier molecular flexibility index (Phi) is 5.37. The Morgan fingerprint density at radius 2 is 2.05 bits per heavy atom. The number of aromatic amines is 2. The highest BCUT2D eigenvalue weighted by Crippen LogP contribution is 2.08. The molecule has 0 aliphatic rings. The van der Waals surface area contributed by atoms with Crippen molar-refractivity contribution in [1.29, 1.82) is 0 Å². The predicted octanol–water partition coefficient (Wildman–Crippen LogP) is 0.304. The van der Waals surface area contributed by atoms with Crippen molar-refractivity contribution in [3.8, 4) is 0 Å². The standard InChI is InChI=1S/C13H12BrN5O3/c14-9-3-1-8(2-4-9)7-15-18-11(20)6-5-10-12(21)16-13(22)19-17-10/h1-4,7H,5-6H2,(H,18,20)(H2,16,19,21,22). The van der Waals surface area contributed by atoms with Crippen LogP contribution in [0.3, 0.4) is 0 Å². The van der Waals surface area contributed by atoms with Gasteiger partial charge in [-0.25, -0.2) is 15.3 Å². The lowest BCUT2D eigenvalue weighted by molar-refractivity contribution is -0.121. The molecule has 1 aromatic heterocycles. The summed E-state index contributed by atoms with van der Waals surface area (Å²) in [5.41, 5.74) is 1.99. The van der Waals surface area contributed by atoms with Gasteiger partial charge < -0.3 is 0 Å². The van der Waals surface area contributed by atoms with Gasteiger partial charge in [-0.2, -0.15) is 10.2 Å². The minimum absolute atomic E-state index is 0.0276. The van der Waals surface area contributed by atoms with Crippen LogP contribution in [0.5, 0.6) is 0 Å². The molecule has 0 saturated heterocycles. The lowest BCUT2D eigenvalue weighted by Crippen LogP contribution is -2.28. The van der Waals surface area contributed by atoms with E-state index in [-0.39, 0.29) is 24.4 Å². The second-order valence-electron chi connectivity index (χ2n) is 4.30. The lowest BCUT2D eigenvalue weighted by Gasteiger charge is -1.99. The molecule has 9 heteroatoms. The summed E-state index contributed by atoms with van der Waals surface area (Å²) in [7, 11) is 0. The van der Waals surface area contributed by atoms with Gasteiger partial charge in [-0.3, -0.25) is 14.6 Å². The van der Waals surface area contributed by atoms with E-state index >= 15 is 0 Å². The number of nitrogens with one attached hydrogen (secondary N) is 3. The summed E-state index contributed by atoms with van der Waals surface area (Å²) in [5, 5.41) is 9.51. The SMILES string of the molecule is O=C(CCc1n[nH]c(=O)[nH]c1=O)NN=Cc1ccc(Br)cc1. The van der Waals surface area contributed by atoms with E-state index in [1.807, 2.05) is 29.2 Å². The molecule has 8 nitrogen and oxygen atoms in total. The molecule has 0 radical (unpaired) electrons. The molecule has 0 aliphatic carbocycles. The Labute approximate surface area is 132 Å². The zero-order valence-corrected chi connectivity index (χ0v) is 12.9. The summed E-state index contributed by atoms with van der Waals surface area (Å²) >= 11 is 3.32. The first-order chi connectivity index (χ1) is 10.5. The van der Waals surface area contributed by atoms with E-state index in [2.05, 4.69) is 36.7 Å². The van der Waals surface area contributed by atoms with Crippen LogP contribution in [-0.2, 0) is 11.2 Å². The maximum Gasteiger partial charge on any atom is 0.342 e. The van der Waals surface area contributed by atoms with Gasteiger partial charge in [0.1, 0.15) is 5.69 Å². The fraction of sp³-hybridized carbons (Fsp3) is 0.154. The van der Waals surface area contributed by atoms with E-state index in [9.17, 15) is 14.4 Å². The van der Waals surface area contributed by atoms with Crippen LogP contribution >= 0.6 is 15.9 Å². The van der Waals surface area contributed by atoms with E-state index in [1.54, 1.807) is 0 Å². The second-order valence-corrected chi connectivity index (χ2v) is 5.21. The van der Waals surface area contributed by atoms with Crippen LogP contribution in [0.1, 0.15) is 17.7 Å². The molecule has 0 fully saturated rings. The first kappa shape index (κ1) is 15.8. The third-order valence-electron chi connectivity index (χ3n) is 2.64. The Balaban J connectivity index is 1.84. The number of amides is 1. The monoisotopic (exact) mass is 365 g/mol. The number of carbonyl (C=O) groups is 1. The highest BCUT2D eigenvalue weighted by atomic mass is 79.9. The van der Waals surface area contributed by atoms with Crippen molar-refractivity contribution in [1.82, 2.24) is 20.6 Å². The van der Waals surface area contributed by atoms with Crippen LogP contribution in [0.4, 0.5) is 0 Å². The van der Waals surface area contributed by atoms with Crippen LogP contribution in [0.25, 0.3) is 0 Å². The molecule has 0 aliphatic heterocycles. The fourth-order valence-corrected chi connectivity index (χ4v) is 1.82. The fourth-order valence-electron chi connectivity index (χ4n) is 1.56. The van der Waals surface area contributed by atoms with Gasteiger partial charge in [-0.15, -0.1) is 0 Å². The molecule has 2 aromatic rings. The van der Waals surface area contributed by atoms with Crippen LogP contribution in [0.15, 0.2) is 43.4 Å². The predicted molar refractivity (Wildman–Crippen MR) is 83.7 cm³/mol. The number of hydrogen-bond acceptors (Lipinski definition) is 5. The molecule has 0 atom stereocenters. The first-order valence-corrected chi connectivity index (χ1v) is 7.09. The highest BCUT2D eigenvalue weighted by Gasteiger charge is 2.06. The molecule has 0 spiro atoms. The van der Waals surface area contributed by atoms with Gasteiger partial charge in [0.05, 0.1) is 6.21 Å². The molecular formula is C13H12BrN5O3. The summed E-state index contributed by atoms with van der Waals surface area (Å²) < 4.78 is 0.951. The van der Waals surface area contributed by atoms with Gasteiger partial charge in [-0.05, 0) is 17.7 Å². The summed E-state index contributed by atoms with van der Waals surface area (Å²) in [6, 6.07) is 7.39. The van der Waals surface area contributed by atoms with Crippen molar-refractivity contribution < 1.29 is 4.79 Å². The van der Waals surface area contributed by atoms with E-state index in [0.717, 1.165) is 10.0 Å². The van der Waals surface area contributed by atoms with Gasteiger partial charge >= 0.3 is 5.69 Å². The largest absolute Gasteiger partial charge is 0.342 e. The molecule has 22 heavy (non-hydrogen) atoms. The van der Waals surface area contributed by atoms with Crippen LogP contribution < -0.4 is 16.7 Å². The maximum atomic E-state index is 11.6. The van der Waals surface area contributed by atoms with Crippen molar-refractivity contribution >= 4 is 28.1 Å². The average Bonchev–Trinajstić information content (AvgIpc) is 2.48. The third kappa shape index (κ3) is 4.77. The quantitative estimate of drug-likeness (QED) is 0.521. The van der Waals surface area contributed by atoms with Gasteiger partial charge in [0.15, 0.2) is 0 Å². The first-order valence-electron chi connectivity index (χ1n) is 6.30. The number of carbonyl (C=O) groups excluding carboxylic acids is 1. The molecular weight excluding hydrogens is 354 g/mol. The zero-order chi connectivity index (χ0) is 15.9. The number of rotatable bonds is 5. The van der Waals surface area contributed by atoms with Crippen LogP contribution in [0.2, 0.25) is 0 Å². The van der Waals surface area contributed by atoms with E-state index in [0.29, 0.717) is 0 Å². The summed E-state index contributed by atoms with van der Waals surface area (Å²) in [4.78, 5) is 35.8. The van der Waals surface area contributed by atoms with Crippen molar-refractivity contribution in [2.24, 2.45) is 5.10 Å². The number of halogens is 1. The number of hydrazone groups is 1. The van der Waals surface area contributed by atoms with Crippen LogP contribution in [0, 0.1) is 0 Å². The number of benzene rings is 1. The highest BCUT2D eigenvalue weighted by molar-refractivity contribution is 9.10. The Bertz CT molecular complexity index is 794. The van der Waals surface area contributed by atoms with Crippen molar-refractivity contribution in [3.63, 3.8) is 0 Å². The number of aromatic nitrogens is 3. The summed E-state index contributed by atoms with van der Waals surface area (Å²) in [6.45, 7) is 0. The van der Waals surface area contributed by atoms with Crippen molar-refractivity contribution in [3.05, 3.63) is 60.8 Å². The Hall–Kier alpha value is -2.55. The van der Waals surface area contributed by atoms with Gasteiger partial charge in [-0.1, -0.05) is 28.1 Å². The number of H-pyrrole nitrogens is 2. The van der Waals surface area contributed by atoms with Crippen LogP contribution in [-0.4, -0.2) is 27.3 Å². The molecule has 0 bridgehead atoms. The average molecular weight is 366 g/mol. The van der Waals surface area contributed by atoms with E-state index in [4.69, 9.17) is 0 Å². The zero-order valence-electron chi connectivity index (χ0n) is 11.3. The van der Waals surface area contributed by atoms with Crippen molar-refractivity contribution in [2.75, 3.05) is 0 Å². The van der Waals surface area contributed by atoms with E-state index < -0.39 is 11.2 Å². The molecule has 1 aromatic carbocycles. The maximum absolute atomic E-state index is 11.6. The molecule has 2 rings (SSSR count). The number of hydrogen-bond donors (Lipinski definition) is 3. The smallest absolute Gasteiger partial charge is 0.273 e.